The third-order valence-electron chi connectivity index (χ3n) is 2.75. The topological polar surface area (TPSA) is 44.8 Å². The summed E-state index contributed by atoms with van der Waals surface area (Å²) in [5, 5.41) is 0. The van der Waals surface area contributed by atoms with Crippen LogP contribution in [0.5, 0.6) is 5.75 Å². The Morgan fingerprint density at radius 3 is 2.89 bits per heavy atom. The van der Waals surface area contributed by atoms with E-state index in [1.807, 2.05) is 0 Å². The lowest BCUT2D eigenvalue weighted by Gasteiger charge is -2.24. The van der Waals surface area contributed by atoms with Crippen LogP contribution in [-0.2, 0) is 9.47 Å². The van der Waals surface area contributed by atoms with Crippen LogP contribution < -0.4 is 4.74 Å². The standard InChI is InChI=1S/C13H15BrO4/c1-16-13(15)9-5-6-11(10(14)8-9)18-12-4-2-3-7-17-12/h5-6,8,12H,2-4,7H2,1H3. The third-order valence-corrected chi connectivity index (χ3v) is 3.37. The maximum Gasteiger partial charge on any atom is 0.337 e. The van der Waals surface area contributed by atoms with Gasteiger partial charge in [0.25, 0.3) is 0 Å². The second-order valence-corrected chi connectivity index (χ2v) is 4.91. The Balaban J connectivity index is 2.07. The molecule has 1 atom stereocenters. The van der Waals surface area contributed by atoms with Crippen LogP contribution in [0.1, 0.15) is 29.6 Å². The van der Waals surface area contributed by atoms with Crippen molar-refractivity contribution < 1.29 is 19.0 Å². The van der Waals surface area contributed by atoms with Gasteiger partial charge in [-0.2, -0.15) is 0 Å². The highest BCUT2D eigenvalue weighted by Gasteiger charge is 2.17. The summed E-state index contributed by atoms with van der Waals surface area (Å²) in [4.78, 5) is 11.4. The van der Waals surface area contributed by atoms with Crippen molar-refractivity contribution in [2.75, 3.05) is 13.7 Å². The fourth-order valence-electron chi connectivity index (χ4n) is 1.79. The quantitative estimate of drug-likeness (QED) is 0.804. The minimum atomic E-state index is -0.365. The van der Waals surface area contributed by atoms with E-state index in [1.165, 1.54) is 7.11 Å². The summed E-state index contributed by atoms with van der Waals surface area (Å²) in [5.41, 5.74) is 0.487. The van der Waals surface area contributed by atoms with E-state index in [-0.39, 0.29) is 12.3 Å². The second-order valence-electron chi connectivity index (χ2n) is 4.05. The van der Waals surface area contributed by atoms with E-state index < -0.39 is 0 Å². The van der Waals surface area contributed by atoms with Crippen molar-refractivity contribution in [3.05, 3.63) is 28.2 Å². The van der Waals surface area contributed by atoms with Crippen molar-refractivity contribution in [3.63, 3.8) is 0 Å². The number of benzene rings is 1. The molecule has 18 heavy (non-hydrogen) atoms. The zero-order valence-corrected chi connectivity index (χ0v) is 11.7. The molecular formula is C13H15BrO4. The number of carbonyl (C=O) groups excluding carboxylic acids is 1. The van der Waals surface area contributed by atoms with E-state index in [9.17, 15) is 4.79 Å². The summed E-state index contributed by atoms with van der Waals surface area (Å²) in [5.74, 6) is 0.311. The van der Waals surface area contributed by atoms with E-state index in [1.54, 1.807) is 18.2 Å². The Bertz CT molecular complexity index is 427. The molecule has 1 aliphatic heterocycles. The monoisotopic (exact) mass is 314 g/mol. The van der Waals surface area contributed by atoms with Gasteiger partial charge >= 0.3 is 5.97 Å². The zero-order valence-electron chi connectivity index (χ0n) is 10.1. The van der Waals surface area contributed by atoms with Crippen LogP contribution in [0.3, 0.4) is 0 Å². The molecule has 1 aromatic rings. The molecule has 0 N–H and O–H groups in total. The summed E-state index contributed by atoms with van der Waals surface area (Å²) in [7, 11) is 1.36. The molecule has 0 saturated carbocycles. The Kier molecular flexibility index (Phi) is 4.60. The number of methoxy groups -OCH3 is 1. The Morgan fingerprint density at radius 1 is 1.44 bits per heavy atom. The van der Waals surface area contributed by atoms with Gasteiger partial charge < -0.3 is 14.2 Å². The van der Waals surface area contributed by atoms with E-state index >= 15 is 0 Å². The average molecular weight is 315 g/mol. The molecule has 1 aromatic carbocycles. The molecule has 0 aliphatic carbocycles. The third kappa shape index (κ3) is 3.23. The highest BCUT2D eigenvalue weighted by atomic mass is 79.9. The molecule has 2 rings (SSSR count). The Morgan fingerprint density at radius 2 is 2.28 bits per heavy atom. The lowest BCUT2D eigenvalue weighted by atomic mass is 10.2. The minimum Gasteiger partial charge on any atom is -0.465 e. The maximum absolute atomic E-state index is 11.4. The number of esters is 1. The van der Waals surface area contributed by atoms with Gasteiger partial charge in [-0.15, -0.1) is 0 Å². The van der Waals surface area contributed by atoms with E-state index in [0.717, 1.165) is 30.3 Å². The molecule has 5 heteroatoms. The van der Waals surface area contributed by atoms with Crippen LogP contribution in [0.15, 0.2) is 22.7 Å². The van der Waals surface area contributed by atoms with Crippen LogP contribution in [0, 0.1) is 0 Å². The Labute approximate surface area is 114 Å². The van der Waals surface area contributed by atoms with Gasteiger partial charge in [-0.3, -0.25) is 0 Å². The summed E-state index contributed by atoms with van der Waals surface area (Å²) in [6.45, 7) is 0.739. The predicted octanol–water partition coefficient (Wildman–Crippen LogP) is 3.14. The molecule has 0 aromatic heterocycles. The molecule has 0 bridgehead atoms. The molecule has 0 spiro atoms. The largest absolute Gasteiger partial charge is 0.465 e. The van der Waals surface area contributed by atoms with Crippen molar-refractivity contribution in [1.82, 2.24) is 0 Å². The first-order chi connectivity index (χ1) is 8.70. The first kappa shape index (κ1) is 13.4. The first-order valence-corrected chi connectivity index (χ1v) is 6.66. The highest BCUT2D eigenvalue weighted by molar-refractivity contribution is 9.10. The minimum absolute atomic E-state index is 0.195. The summed E-state index contributed by atoms with van der Waals surface area (Å²) < 4.78 is 16.6. The van der Waals surface area contributed by atoms with Gasteiger partial charge in [0.05, 0.1) is 23.8 Å². The van der Waals surface area contributed by atoms with Crippen molar-refractivity contribution in [2.24, 2.45) is 0 Å². The molecule has 1 unspecified atom stereocenters. The maximum atomic E-state index is 11.4. The van der Waals surface area contributed by atoms with Crippen LogP contribution in [0.2, 0.25) is 0 Å². The van der Waals surface area contributed by atoms with Crippen LogP contribution >= 0.6 is 15.9 Å². The SMILES string of the molecule is COC(=O)c1ccc(OC2CCCCO2)c(Br)c1. The molecule has 1 saturated heterocycles. The van der Waals surface area contributed by atoms with Crippen molar-refractivity contribution in [1.29, 1.82) is 0 Å². The van der Waals surface area contributed by atoms with E-state index in [2.05, 4.69) is 20.7 Å². The van der Waals surface area contributed by atoms with Gasteiger partial charge in [0, 0.05) is 6.42 Å². The molecule has 1 aliphatic rings. The van der Waals surface area contributed by atoms with Crippen LogP contribution in [0.4, 0.5) is 0 Å². The molecule has 0 radical (unpaired) electrons. The molecule has 4 nitrogen and oxygen atoms in total. The van der Waals surface area contributed by atoms with Gasteiger partial charge in [0.1, 0.15) is 5.75 Å². The normalized spacial score (nSPS) is 19.3. The lowest BCUT2D eigenvalue weighted by Crippen LogP contribution is -2.25. The number of carbonyl (C=O) groups is 1. The first-order valence-electron chi connectivity index (χ1n) is 5.87. The fourth-order valence-corrected chi connectivity index (χ4v) is 2.26. The number of rotatable bonds is 3. The van der Waals surface area contributed by atoms with Crippen LogP contribution in [-0.4, -0.2) is 26.0 Å². The number of ether oxygens (including phenoxy) is 3. The Hall–Kier alpha value is -1.07. The number of halogens is 1. The lowest BCUT2D eigenvalue weighted by molar-refractivity contribution is -0.106. The van der Waals surface area contributed by atoms with Gasteiger partial charge in [0.15, 0.2) is 6.29 Å². The summed E-state index contributed by atoms with van der Waals surface area (Å²) >= 11 is 3.38. The smallest absolute Gasteiger partial charge is 0.337 e. The van der Waals surface area contributed by atoms with Crippen molar-refractivity contribution in [3.8, 4) is 5.75 Å². The van der Waals surface area contributed by atoms with Gasteiger partial charge in [-0.05, 0) is 47.0 Å². The number of hydrogen-bond donors (Lipinski definition) is 0. The van der Waals surface area contributed by atoms with Gasteiger partial charge in [-0.1, -0.05) is 0 Å². The van der Waals surface area contributed by atoms with Gasteiger partial charge in [-0.25, -0.2) is 4.79 Å². The summed E-state index contributed by atoms with van der Waals surface area (Å²) in [6.07, 6.45) is 2.90. The van der Waals surface area contributed by atoms with Crippen molar-refractivity contribution in [2.45, 2.75) is 25.6 Å². The van der Waals surface area contributed by atoms with E-state index in [0.29, 0.717) is 11.3 Å². The van der Waals surface area contributed by atoms with Gasteiger partial charge in [0.2, 0.25) is 0 Å². The molecule has 98 valence electrons. The molecular weight excluding hydrogens is 300 g/mol. The molecule has 0 amide bonds. The molecule has 1 fully saturated rings. The summed E-state index contributed by atoms with van der Waals surface area (Å²) in [6, 6.07) is 5.10. The number of hydrogen-bond acceptors (Lipinski definition) is 4. The van der Waals surface area contributed by atoms with Crippen molar-refractivity contribution >= 4 is 21.9 Å². The zero-order chi connectivity index (χ0) is 13.0. The predicted molar refractivity (Wildman–Crippen MR) is 69.7 cm³/mol. The average Bonchev–Trinajstić information content (AvgIpc) is 2.41. The highest BCUT2D eigenvalue weighted by Crippen LogP contribution is 2.29. The molecule has 1 heterocycles. The van der Waals surface area contributed by atoms with Crippen LogP contribution in [0.25, 0.3) is 0 Å². The fraction of sp³-hybridized carbons (Fsp3) is 0.462. The second kappa shape index (κ2) is 6.20. The van der Waals surface area contributed by atoms with E-state index in [4.69, 9.17) is 9.47 Å².